The standard InChI is InChI=1S/C15H32Cl2N2.Cu/c1-8-10-13(4,5)18-15(17,12(3)16)19-14(6,7)11-9-2;/h12,18-19H,8-11H2,1-7H3;. The maximum absolute atomic E-state index is 6.76. The van der Waals surface area contributed by atoms with Gasteiger partial charge in [-0.25, -0.2) is 0 Å². The van der Waals surface area contributed by atoms with E-state index in [1.54, 1.807) is 0 Å². The molecule has 0 spiro atoms. The smallest absolute Gasteiger partial charge is 0.163 e. The first-order valence-corrected chi connectivity index (χ1v) is 8.21. The Morgan fingerprint density at radius 2 is 1.20 bits per heavy atom. The third-order valence-electron chi connectivity index (χ3n) is 3.34. The van der Waals surface area contributed by atoms with Crippen molar-refractivity contribution in [1.82, 2.24) is 10.6 Å². The average Bonchev–Trinajstić information content (AvgIpc) is 2.13. The van der Waals surface area contributed by atoms with Crippen molar-refractivity contribution in [1.29, 1.82) is 0 Å². The third-order valence-corrected chi connectivity index (χ3v) is 4.29. The van der Waals surface area contributed by atoms with Crippen molar-refractivity contribution in [3.05, 3.63) is 0 Å². The fraction of sp³-hybridized carbons (Fsp3) is 1.00. The minimum Gasteiger partial charge on any atom is -0.280 e. The molecule has 2 N–H and O–H groups in total. The summed E-state index contributed by atoms with van der Waals surface area (Å²) in [4.78, 5) is 0. The van der Waals surface area contributed by atoms with Crippen molar-refractivity contribution in [2.45, 2.75) is 95.7 Å². The largest absolute Gasteiger partial charge is 0.280 e. The zero-order valence-electron chi connectivity index (χ0n) is 14.0. The zero-order valence-corrected chi connectivity index (χ0v) is 16.4. The van der Waals surface area contributed by atoms with Crippen LogP contribution in [-0.2, 0) is 17.1 Å². The van der Waals surface area contributed by atoms with Crippen molar-refractivity contribution in [3.63, 3.8) is 0 Å². The van der Waals surface area contributed by atoms with Gasteiger partial charge in [-0.15, -0.1) is 11.6 Å². The van der Waals surface area contributed by atoms with Gasteiger partial charge in [0.25, 0.3) is 0 Å². The minimum absolute atomic E-state index is 0. The van der Waals surface area contributed by atoms with Gasteiger partial charge in [0.05, 0.1) is 5.38 Å². The van der Waals surface area contributed by atoms with Crippen LogP contribution in [0.25, 0.3) is 0 Å². The molecule has 0 aliphatic rings. The summed E-state index contributed by atoms with van der Waals surface area (Å²) in [5, 5.41) is 6.00. The second-order valence-electron chi connectivity index (χ2n) is 6.85. The van der Waals surface area contributed by atoms with Gasteiger partial charge in [0.2, 0.25) is 0 Å². The molecule has 0 amide bonds. The molecule has 0 saturated heterocycles. The van der Waals surface area contributed by atoms with E-state index in [0.29, 0.717) is 0 Å². The zero-order chi connectivity index (χ0) is 15.3. The molecule has 1 unspecified atom stereocenters. The first-order chi connectivity index (χ1) is 8.48. The van der Waals surface area contributed by atoms with Gasteiger partial charge in [0.15, 0.2) is 5.12 Å². The molecule has 0 aromatic rings. The van der Waals surface area contributed by atoms with E-state index in [9.17, 15) is 0 Å². The number of rotatable bonds is 9. The maximum Gasteiger partial charge on any atom is 0.163 e. The summed E-state index contributed by atoms with van der Waals surface area (Å²) < 4.78 is 0. The minimum atomic E-state index is -0.793. The van der Waals surface area contributed by atoms with E-state index in [-0.39, 0.29) is 33.5 Å². The molecule has 127 valence electrons. The molecule has 20 heavy (non-hydrogen) atoms. The summed E-state index contributed by atoms with van der Waals surface area (Å²) in [5.74, 6) is 0. The normalized spacial score (nSPS) is 14.8. The van der Waals surface area contributed by atoms with E-state index in [4.69, 9.17) is 23.2 Å². The van der Waals surface area contributed by atoms with E-state index < -0.39 is 5.12 Å². The van der Waals surface area contributed by atoms with Crippen LogP contribution in [0.1, 0.15) is 74.1 Å². The molecule has 0 heterocycles. The number of hydrogen-bond donors (Lipinski definition) is 2. The molecule has 0 aliphatic carbocycles. The molecule has 0 aromatic heterocycles. The van der Waals surface area contributed by atoms with Crippen molar-refractivity contribution in [3.8, 4) is 0 Å². The van der Waals surface area contributed by atoms with Crippen LogP contribution < -0.4 is 10.6 Å². The summed E-state index contributed by atoms with van der Waals surface area (Å²) in [6.07, 6.45) is 4.34. The van der Waals surface area contributed by atoms with Gasteiger partial charge < -0.3 is 0 Å². The summed E-state index contributed by atoms with van der Waals surface area (Å²) >= 11 is 13.1. The summed E-state index contributed by atoms with van der Waals surface area (Å²) in [7, 11) is 0. The van der Waals surface area contributed by atoms with Gasteiger partial charge in [-0.05, 0) is 47.5 Å². The van der Waals surface area contributed by atoms with Crippen LogP contribution in [0.2, 0.25) is 0 Å². The predicted octanol–water partition coefficient (Wildman–Crippen LogP) is 4.84. The first kappa shape index (κ1) is 23.3. The second-order valence-corrected chi connectivity index (χ2v) is 8.10. The molecule has 0 aliphatic heterocycles. The Morgan fingerprint density at radius 1 is 0.900 bits per heavy atom. The van der Waals surface area contributed by atoms with Gasteiger partial charge in [0, 0.05) is 28.1 Å². The van der Waals surface area contributed by atoms with Crippen molar-refractivity contribution in [2.24, 2.45) is 0 Å². The van der Waals surface area contributed by atoms with E-state index in [1.807, 2.05) is 6.92 Å². The van der Waals surface area contributed by atoms with E-state index in [0.717, 1.165) is 25.7 Å². The molecular weight excluding hydrogens is 343 g/mol. The molecule has 0 rings (SSSR count). The van der Waals surface area contributed by atoms with Gasteiger partial charge in [0.1, 0.15) is 0 Å². The van der Waals surface area contributed by atoms with Crippen molar-refractivity contribution >= 4 is 23.2 Å². The molecule has 2 nitrogen and oxygen atoms in total. The van der Waals surface area contributed by atoms with Crippen molar-refractivity contribution in [2.75, 3.05) is 0 Å². The Bertz CT molecular complexity index is 249. The molecule has 1 atom stereocenters. The van der Waals surface area contributed by atoms with Gasteiger partial charge in [-0.3, -0.25) is 10.6 Å². The third kappa shape index (κ3) is 8.46. The Morgan fingerprint density at radius 3 is 1.40 bits per heavy atom. The molecular formula is C15H32Cl2CuN2. The molecule has 1 radical (unpaired) electrons. The Hall–Kier alpha value is 1.02. The summed E-state index contributed by atoms with van der Waals surface area (Å²) in [6, 6.07) is 0. The van der Waals surface area contributed by atoms with Crippen LogP contribution in [-0.4, -0.2) is 21.6 Å². The van der Waals surface area contributed by atoms with Crippen LogP contribution in [0.5, 0.6) is 0 Å². The molecule has 0 fully saturated rings. The Labute approximate surface area is 146 Å². The number of hydrogen-bond acceptors (Lipinski definition) is 2. The fourth-order valence-electron chi connectivity index (χ4n) is 2.59. The quantitative estimate of drug-likeness (QED) is 0.261. The van der Waals surface area contributed by atoms with E-state index in [1.165, 1.54) is 0 Å². The Kier molecular flexibility index (Phi) is 10.7. The maximum atomic E-state index is 6.76. The topological polar surface area (TPSA) is 24.1 Å². The molecule has 0 saturated carbocycles. The molecule has 0 aromatic carbocycles. The van der Waals surface area contributed by atoms with Crippen LogP contribution in [0.15, 0.2) is 0 Å². The van der Waals surface area contributed by atoms with Gasteiger partial charge >= 0.3 is 0 Å². The summed E-state index contributed by atoms with van der Waals surface area (Å²) in [6.45, 7) is 15.0. The molecule has 0 bridgehead atoms. The number of nitrogens with one attached hydrogen (secondary N) is 2. The van der Waals surface area contributed by atoms with Crippen molar-refractivity contribution < 1.29 is 17.1 Å². The van der Waals surface area contributed by atoms with E-state index in [2.05, 4.69) is 52.2 Å². The number of halogens is 2. The second kappa shape index (κ2) is 9.22. The van der Waals surface area contributed by atoms with Crippen LogP contribution in [0.4, 0.5) is 0 Å². The number of alkyl halides is 2. The summed E-state index contributed by atoms with van der Waals surface area (Å²) in [5.41, 5.74) is -0.0934. The van der Waals surface area contributed by atoms with E-state index >= 15 is 0 Å². The SMILES string of the molecule is CCCC(C)(C)NC(Cl)(NC(C)(C)CCC)C(C)Cl.[Cu]. The van der Waals surface area contributed by atoms with Gasteiger partial charge in [-0.1, -0.05) is 38.3 Å². The Balaban J connectivity index is 0. The first-order valence-electron chi connectivity index (χ1n) is 7.39. The predicted molar refractivity (Wildman–Crippen MR) is 88.1 cm³/mol. The van der Waals surface area contributed by atoms with Crippen LogP contribution in [0, 0.1) is 0 Å². The monoisotopic (exact) mass is 373 g/mol. The van der Waals surface area contributed by atoms with Crippen LogP contribution in [0.3, 0.4) is 0 Å². The fourth-order valence-corrected chi connectivity index (χ4v) is 3.21. The van der Waals surface area contributed by atoms with Gasteiger partial charge in [-0.2, -0.15) is 0 Å². The van der Waals surface area contributed by atoms with Crippen LogP contribution >= 0.6 is 23.2 Å². The average molecular weight is 375 g/mol. The molecule has 5 heteroatoms.